The van der Waals surface area contributed by atoms with Crippen molar-refractivity contribution >= 4 is 34.0 Å². The summed E-state index contributed by atoms with van der Waals surface area (Å²) in [5.74, 6) is 0. The molecule has 0 saturated carbocycles. The summed E-state index contributed by atoms with van der Waals surface area (Å²) < 4.78 is 0. The lowest BCUT2D eigenvalue weighted by atomic mass is 10.3. The number of aliphatic hydroxyl groups is 1. The third kappa shape index (κ3) is 2.21. The maximum absolute atomic E-state index is 9.07. The highest BCUT2D eigenvalue weighted by atomic mass is 32.1. The highest BCUT2D eigenvalue weighted by molar-refractivity contribution is 7.24. The fraction of sp³-hybridized carbons (Fsp3) is 0.0769. The van der Waals surface area contributed by atoms with E-state index < -0.39 is 0 Å². The summed E-state index contributed by atoms with van der Waals surface area (Å²) in [7, 11) is 0. The van der Waals surface area contributed by atoms with Crippen LogP contribution in [0.25, 0.3) is 20.2 Å². The fourth-order valence-electron chi connectivity index (χ4n) is 1.63. The van der Waals surface area contributed by atoms with Gasteiger partial charge in [0.05, 0.1) is 6.61 Å². The van der Waals surface area contributed by atoms with E-state index in [0.29, 0.717) is 0 Å². The van der Waals surface area contributed by atoms with Crippen LogP contribution in [-0.4, -0.2) is 5.11 Å². The van der Waals surface area contributed by atoms with Gasteiger partial charge < -0.3 is 5.11 Å². The number of thiophene rings is 3. The first kappa shape index (κ1) is 11.2. The normalized spacial score (nSPS) is 10.9. The van der Waals surface area contributed by atoms with Crippen LogP contribution in [0.4, 0.5) is 0 Å². The van der Waals surface area contributed by atoms with Crippen molar-refractivity contribution in [1.82, 2.24) is 0 Å². The minimum Gasteiger partial charge on any atom is -0.391 e. The second-order valence-electron chi connectivity index (χ2n) is 3.60. The molecule has 0 aliphatic rings. The molecule has 0 aliphatic heterocycles. The predicted molar refractivity (Wildman–Crippen MR) is 76.9 cm³/mol. The maximum Gasteiger partial charge on any atom is 0.0774 e. The number of rotatable bonds is 3. The summed E-state index contributed by atoms with van der Waals surface area (Å²) in [6, 6.07) is 10.5. The quantitative estimate of drug-likeness (QED) is 0.736. The van der Waals surface area contributed by atoms with E-state index in [9.17, 15) is 0 Å². The number of hydrogen-bond acceptors (Lipinski definition) is 4. The Bertz CT molecular complexity index is 604. The summed E-state index contributed by atoms with van der Waals surface area (Å²) in [6.45, 7) is 0.132. The molecule has 4 heteroatoms. The van der Waals surface area contributed by atoms with Gasteiger partial charge in [-0.25, -0.2) is 0 Å². The number of hydrogen-bond donors (Lipinski definition) is 1. The Hall–Kier alpha value is -0.940. The molecule has 1 N–H and O–H groups in total. The highest BCUT2D eigenvalue weighted by Crippen LogP contribution is 2.38. The average molecular weight is 278 g/mol. The summed E-state index contributed by atoms with van der Waals surface area (Å²) in [5.41, 5.74) is 1.30. The van der Waals surface area contributed by atoms with Gasteiger partial charge in [0.2, 0.25) is 0 Å². The van der Waals surface area contributed by atoms with E-state index in [2.05, 4.69) is 35.0 Å². The molecule has 86 valence electrons. The van der Waals surface area contributed by atoms with Crippen LogP contribution in [0.1, 0.15) is 4.88 Å². The van der Waals surface area contributed by atoms with Gasteiger partial charge in [0.25, 0.3) is 0 Å². The van der Waals surface area contributed by atoms with Crippen molar-refractivity contribution in [1.29, 1.82) is 0 Å². The van der Waals surface area contributed by atoms with Gasteiger partial charge in [-0.15, -0.1) is 22.7 Å². The third-order valence-corrected chi connectivity index (χ3v) is 5.56. The lowest BCUT2D eigenvalue weighted by molar-refractivity contribution is 0.285. The van der Waals surface area contributed by atoms with Crippen LogP contribution in [-0.2, 0) is 6.61 Å². The predicted octanol–water partition coefficient (Wildman–Crippen LogP) is 4.70. The molecule has 0 aliphatic carbocycles. The molecular formula is C13H10OS3. The first-order valence-electron chi connectivity index (χ1n) is 5.19. The van der Waals surface area contributed by atoms with Crippen molar-refractivity contribution in [2.24, 2.45) is 0 Å². The Balaban J connectivity index is 1.94. The van der Waals surface area contributed by atoms with Crippen LogP contribution < -0.4 is 0 Å². The zero-order valence-corrected chi connectivity index (χ0v) is 11.4. The first-order chi connectivity index (χ1) is 8.36. The smallest absolute Gasteiger partial charge is 0.0774 e. The first-order valence-corrected chi connectivity index (χ1v) is 7.77. The van der Waals surface area contributed by atoms with Crippen molar-refractivity contribution < 1.29 is 5.11 Å². The molecule has 1 nitrogen and oxygen atoms in total. The molecule has 0 bridgehead atoms. The van der Waals surface area contributed by atoms with Crippen LogP contribution in [0, 0.1) is 0 Å². The van der Waals surface area contributed by atoms with Crippen molar-refractivity contribution in [3.8, 4) is 20.2 Å². The summed E-state index contributed by atoms with van der Waals surface area (Å²) in [4.78, 5) is 4.84. The third-order valence-electron chi connectivity index (χ3n) is 2.47. The summed E-state index contributed by atoms with van der Waals surface area (Å²) in [5, 5.41) is 13.3. The van der Waals surface area contributed by atoms with Crippen molar-refractivity contribution in [3.63, 3.8) is 0 Å². The largest absolute Gasteiger partial charge is 0.391 e. The molecular weight excluding hydrogens is 268 g/mol. The molecule has 0 radical (unpaired) electrons. The minimum atomic E-state index is 0.132. The molecule has 0 saturated heterocycles. The molecule has 3 aromatic heterocycles. The fourth-order valence-corrected chi connectivity index (χ4v) is 4.32. The second-order valence-corrected chi connectivity index (χ2v) is 6.63. The second kappa shape index (κ2) is 4.74. The standard InChI is InChI=1S/C13H10OS3/c14-7-10-1-2-12(16-10)13-4-3-11(17-13)9-5-6-15-8-9/h1-6,8,14H,7H2. The maximum atomic E-state index is 9.07. The Morgan fingerprint density at radius 2 is 1.65 bits per heavy atom. The van der Waals surface area contributed by atoms with Crippen molar-refractivity contribution in [3.05, 3.63) is 46.0 Å². The zero-order valence-electron chi connectivity index (χ0n) is 8.92. The molecule has 0 aromatic carbocycles. The van der Waals surface area contributed by atoms with Gasteiger partial charge in [0.1, 0.15) is 0 Å². The number of aliphatic hydroxyl groups excluding tert-OH is 1. The van der Waals surface area contributed by atoms with Crippen LogP contribution in [0.3, 0.4) is 0 Å². The minimum absolute atomic E-state index is 0.132. The van der Waals surface area contributed by atoms with Gasteiger partial charge in [-0.1, -0.05) is 0 Å². The van der Waals surface area contributed by atoms with Crippen LogP contribution >= 0.6 is 34.0 Å². The zero-order chi connectivity index (χ0) is 11.7. The van der Waals surface area contributed by atoms with Gasteiger partial charge >= 0.3 is 0 Å². The molecule has 3 aromatic rings. The Morgan fingerprint density at radius 1 is 0.882 bits per heavy atom. The molecule has 3 heterocycles. The summed E-state index contributed by atoms with van der Waals surface area (Å²) >= 11 is 5.19. The van der Waals surface area contributed by atoms with Gasteiger partial charge in [-0.05, 0) is 41.1 Å². The van der Waals surface area contributed by atoms with Crippen LogP contribution in [0.5, 0.6) is 0 Å². The van der Waals surface area contributed by atoms with Gasteiger partial charge in [0.15, 0.2) is 0 Å². The Morgan fingerprint density at radius 3 is 2.35 bits per heavy atom. The van der Waals surface area contributed by atoms with Crippen molar-refractivity contribution in [2.75, 3.05) is 0 Å². The molecule has 0 spiro atoms. The van der Waals surface area contributed by atoms with E-state index in [1.807, 2.05) is 6.07 Å². The SMILES string of the molecule is OCc1ccc(-c2ccc(-c3ccsc3)s2)s1. The topological polar surface area (TPSA) is 20.2 Å². The molecule has 0 fully saturated rings. The highest BCUT2D eigenvalue weighted by Gasteiger charge is 2.07. The van der Waals surface area contributed by atoms with Crippen molar-refractivity contribution in [2.45, 2.75) is 6.61 Å². The average Bonchev–Trinajstić information content (AvgIpc) is 3.09. The van der Waals surface area contributed by atoms with Crippen LogP contribution in [0.15, 0.2) is 41.1 Å². The van der Waals surface area contributed by atoms with E-state index in [-0.39, 0.29) is 6.61 Å². The lowest BCUT2D eigenvalue weighted by Crippen LogP contribution is -1.69. The van der Waals surface area contributed by atoms with E-state index in [0.717, 1.165) is 4.88 Å². The molecule has 0 unspecified atom stereocenters. The van der Waals surface area contributed by atoms with Crippen LogP contribution in [0.2, 0.25) is 0 Å². The Labute approximate surface area is 112 Å². The van der Waals surface area contributed by atoms with E-state index >= 15 is 0 Å². The molecule has 0 amide bonds. The lowest BCUT2D eigenvalue weighted by Gasteiger charge is -1.90. The van der Waals surface area contributed by atoms with E-state index in [1.54, 1.807) is 34.0 Å². The van der Waals surface area contributed by atoms with Gasteiger partial charge in [-0.2, -0.15) is 11.3 Å². The Kier molecular flexibility index (Phi) is 3.11. The molecule has 3 rings (SSSR count). The van der Waals surface area contributed by atoms with Gasteiger partial charge in [-0.3, -0.25) is 0 Å². The monoisotopic (exact) mass is 278 g/mol. The van der Waals surface area contributed by atoms with Gasteiger partial charge in [0, 0.05) is 25.1 Å². The van der Waals surface area contributed by atoms with E-state index in [1.165, 1.54) is 20.2 Å². The van der Waals surface area contributed by atoms with E-state index in [4.69, 9.17) is 5.11 Å². The molecule has 17 heavy (non-hydrogen) atoms. The molecule has 0 atom stereocenters. The summed E-state index contributed by atoms with van der Waals surface area (Å²) in [6.07, 6.45) is 0.